The molecule has 8 heteroatoms. The van der Waals surface area contributed by atoms with Crippen LogP contribution in [0.3, 0.4) is 0 Å². The number of hydrogen-bond acceptors (Lipinski definition) is 7. The molecule has 0 aliphatic carbocycles. The number of nitrogens with one attached hydrogen (secondary N) is 1. The number of benzene rings is 1. The molecule has 1 aromatic heterocycles. The highest BCUT2D eigenvalue weighted by Crippen LogP contribution is 2.28. The van der Waals surface area contributed by atoms with Crippen molar-refractivity contribution < 1.29 is 4.79 Å². The summed E-state index contributed by atoms with van der Waals surface area (Å²) < 4.78 is 0.814. The second kappa shape index (κ2) is 8.16. The summed E-state index contributed by atoms with van der Waals surface area (Å²) in [5, 5.41) is 12.4. The Morgan fingerprint density at radius 1 is 1.20 bits per heavy atom. The number of amides is 1. The number of hydrogen-bond donors (Lipinski definition) is 1. The van der Waals surface area contributed by atoms with Gasteiger partial charge in [-0.15, -0.1) is 10.2 Å². The fourth-order valence-electron chi connectivity index (χ4n) is 2.53. The molecule has 0 saturated carbocycles. The number of thioether (sulfide) groups is 1. The molecule has 134 valence electrons. The number of aryl methyl sites for hydroxylation is 2. The van der Waals surface area contributed by atoms with Gasteiger partial charge in [0.05, 0.1) is 5.75 Å². The maximum Gasteiger partial charge on any atom is 0.233 e. The molecule has 2 heterocycles. The molecule has 1 aliphatic heterocycles. The van der Waals surface area contributed by atoms with Gasteiger partial charge in [0.2, 0.25) is 11.0 Å². The maximum atomic E-state index is 12.3. The summed E-state index contributed by atoms with van der Waals surface area (Å²) in [6.45, 7) is 7.69. The number of aromatic nitrogens is 2. The molecule has 0 unspecified atom stereocenters. The monoisotopic (exact) mass is 377 g/mol. The Morgan fingerprint density at radius 2 is 1.96 bits per heavy atom. The van der Waals surface area contributed by atoms with Gasteiger partial charge in [-0.25, -0.2) is 0 Å². The van der Waals surface area contributed by atoms with Crippen molar-refractivity contribution in [2.24, 2.45) is 0 Å². The number of rotatable bonds is 5. The summed E-state index contributed by atoms with van der Waals surface area (Å²) in [5.74, 6) is 0.596. The second-order valence-electron chi connectivity index (χ2n) is 6.27. The van der Waals surface area contributed by atoms with E-state index in [1.54, 1.807) is 0 Å². The number of piperazine rings is 1. The molecule has 1 aliphatic rings. The van der Waals surface area contributed by atoms with Gasteiger partial charge in [-0.2, -0.15) is 0 Å². The third kappa shape index (κ3) is 4.93. The molecular formula is C17H23N5OS2. The van der Waals surface area contributed by atoms with E-state index < -0.39 is 0 Å². The summed E-state index contributed by atoms with van der Waals surface area (Å²) in [5.41, 5.74) is 3.51. The van der Waals surface area contributed by atoms with Crippen LogP contribution in [0, 0.1) is 13.8 Å². The molecule has 1 aromatic carbocycles. The fourth-order valence-corrected chi connectivity index (χ4v) is 4.21. The minimum Gasteiger partial charge on any atom is -0.339 e. The van der Waals surface area contributed by atoms with E-state index in [0.29, 0.717) is 5.75 Å². The van der Waals surface area contributed by atoms with Gasteiger partial charge in [0.15, 0.2) is 4.34 Å². The first-order valence-corrected chi connectivity index (χ1v) is 10.1. The molecule has 1 amide bonds. The largest absolute Gasteiger partial charge is 0.339 e. The summed E-state index contributed by atoms with van der Waals surface area (Å²) in [6, 6.07) is 6.22. The molecule has 0 spiro atoms. The second-order valence-corrected chi connectivity index (χ2v) is 8.47. The topological polar surface area (TPSA) is 61.4 Å². The maximum absolute atomic E-state index is 12.3. The van der Waals surface area contributed by atoms with Gasteiger partial charge in [-0.1, -0.05) is 29.2 Å². The van der Waals surface area contributed by atoms with Gasteiger partial charge in [-0.05, 0) is 44.2 Å². The zero-order chi connectivity index (χ0) is 17.8. The van der Waals surface area contributed by atoms with E-state index in [1.165, 1.54) is 34.2 Å². The molecule has 0 radical (unpaired) electrons. The van der Waals surface area contributed by atoms with Crippen LogP contribution in [-0.2, 0) is 4.79 Å². The first-order chi connectivity index (χ1) is 12.0. The first kappa shape index (κ1) is 18.2. The zero-order valence-corrected chi connectivity index (χ0v) is 16.4. The molecular weight excluding hydrogens is 354 g/mol. The quantitative estimate of drug-likeness (QED) is 0.809. The van der Waals surface area contributed by atoms with Crippen LogP contribution in [0.2, 0.25) is 0 Å². The van der Waals surface area contributed by atoms with Crippen molar-refractivity contribution in [2.75, 3.05) is 44.3 Å². The van der Waals surface area contributed by atoms with E-state index in [1.807, 2.05) is 11.0 Å². The van der Waals surface area contributed by atoms with Crippen molar-refractivity contribution in [3.63, 3.8) is 0 Å². The van der Waals surface area contributed by atoms with Crippen molar-refractivity contribution in [2.45, 2.75) is 18.2 Å². The Kier molecular flexibility index (Phi) is 5.93. The Labute approximate surface area is 156 Å². The molecule has 0 atom stereocenters. The van der Waals surface area contributed by atoms with Gasteiger partial charge in [0.25, 0.3) is 0 Å². The molecule has 0 bridgehead atoms. The highest BCUT2D eigenvalue weighted by molar-refractivity contribution is 8.01. The lowest BCUT2D eigenvalue weighted by Gasteiger charge is -2.32. The Bertz CT molecular complexity index is 740. The van der Waals surface area contributed by atoms with Crippen molar-refractivity contribution in [3.8, 4) is 0 Å². The summed E-state index contributed by atoms with van der Waals surface area (Å²) in [7, 11) is 2.09. The third-order valence-electron chi connectivity index (χ3n) is 4.34. The van der Waals surface area contributed by atoms with Gasteiger partial charge in [0, 0.05) is 31.9 Å². The molecule has 25 heavy (non-hydrogen) atoms. The van der Waals surface area contributed by atoms with Gasteiger partial charge in [0.1, 0.15) is 0 Å². The van der Waals surface area contributed by atoms with Crippen LogP contribution in [0.5, 0.6) is 0 Å². The van der Waals surface area contributed by atoms with Crippen LogP contribution >= 0.6 is 23.1 Å². The van der Waals surface area contributed by atoms with E-state index in [9.17, 15) is 4.79 Å². The minimum absolute atomic E-state index is 0.178. The smallest absolute Gasteiger partial charge is 0.233 e. The molecule has 1 saturated heterocycles. The minimum atomic E-state index is 0.178. The van der Waals surface area contributed by atoms with Crippen molar-refractivity contribution in [1.82, 2.24) is 20.0 Å². The SMILES string of the molecule is Cc1ccc(Nc2nnc(SCC(=O)N3CCN(C)CC3)s2)cc1C. The lowest BCUT2D eigenvalue weighted by Crippen LogP contribution is -2.47. The van der Waals surface area contributed by atoms with E-state index in [2.05, 4.69) is 53.4 Å². The van der Waals surface area contributed by atoms with Crippen LogP contribution in [0.1, 0.15) is 11.1 Å². The van der Waals surface area contributed by atoms with Gasteiger partial charge < -0.3 is 15.1 Å². The van der Waals surface area contributed by atoms with Crippen LogP contribution in [0.25, 0.3) is 0 Å². The standard InChI is InChI=1S/C17H23N5OS2/c1-12-4-5-14(10-13(12)2)18-16-19-20-17(25-16)24-11-15(23)22-8-6-21(3)7-9-22/h4-5,10H,6-9,11H2,1-3H3,(H,18,19). The van der Waals surface area contributed by atoms with Crippen LogP contribution in [0.4, 0.5) is 10.8 Å². The van der Waals surface area contributed by atoms with E-state index in [-0.39, 0.29) is 5.91 Å². The molecule has 2 aromatic rings. The summed E-state index contributed by atoms with van der Waals surface area (Å²) >= 11 is 2.94. The predicted octanol–water partition coefficient (Wildman–Crippen LogP) is 2.76. The lowest BCUT2D eigenvalue weighted by atomic mass is 10.1. The van der Waals surface area contributed by atoms with Crippen LogP contribution < -0.4 is 5.32 Å². The molecule has 1 fully saturated rings. The molecule has 1 N–H and O–H groups in total. The lowest BCUT2D eigenvalue weighted by molar-refractivity contribution is -0.129. The average molecular weight is 378 g/mol. The third-order valence-corrected chi connectivity index (χ3v) is 6.30. The average Bonchev–Trinajstić information content (AvgIpc) is 3.04. The number of carbonyl (C=O) groups is 1. The molecule has 3 rings (SSSR count). The fraction of sp³-hybridized carbons (Fsp3) is 0.471. The van der Waals surface area contributed by atoms with Crippen molar-refractivity contribution in [3.05, 3.63) is 29.3 Å². The summed E-state index contributed by atoms with van der Waals surface area (Å²) in [4.78, 5) is 16.4. The van der Waals surface area contributed by atoms with E-state index in [4.69, 9.17) is 0 Å². The summed E-state index contributed by atoms with van der Waals surface area (Å²) in [6.07, 6.45) is 0. The molecule has 6 nitrogen and oxygen atoms in total. The Balaban J connectivity index is 1.51. The van der Waals surface area contributed by atoms with Gasteiger partial charge >= 0.3 is 0 Å². The number of carbonyl (C=O) groups excluding carboxylic acids is 1. The van der Waals surface area contributed by atoms with Crippen molar-refractivity contribution >= 4 is 39.8 Å². The Morgan fingerprint density at radius 3 is 2.68 bits per heavy atom. The number of nitrogens with zero attached hydrogens (tertiary/aromatic N) is 4. The van der Waals surface area contributed by atoms with Gasteiger partial charge in [-0.3, -0.25) is 4.79 Å². The number of likely N-dealkylation sites (N-methyl/N-ethyl adjacent to an activating group) is 1. The van der Waals surface area contributed by atoms with E-state index in [0.717, 1.165) is 41.3 Å². The van der Waals surface area contributed by atoms with Crippen LogP contribution in [0.15, 0.2) is 22.5 Å². The normalized spacial score (nSPS) is 15.4. The highest BCUT2D eigenvalue weighted by Gasteiger charge is 2.19. The first-order valence-electron chi connectivity index (χ1n) is 8.28. The highest BCUT2D eigenvalue weighted by atomic mass is 32.2. The Hall–Kier alpha value is -1.64. The predicted molar refractivity (Wildman–Crippen MR) is 104 cm³/mol. The van der Waals surface area contributed by atoms with Crippen molar-refractivity contribution in [1.29, 1.82) is 0 Å². The van der Waals surface area contributed by atoms with Crippen LogP contribution in [-0.4, -0.2) is 64.9 Å². The van der Waals surface area contributed by atoms with E-state index >= 15 is 0 Å². The number of anilines is 2. The zero-order valence-electron chi connectivity index (χ0n) is 14.8.